The first kappa shape index (κ1) is 12.4. The number of hydrogen-bond acceptors (Lipinski definition) is 1. The van der Waals surface area contributed by atoms with Crippen molar-refractivity contribution in [3.63, 3.8) is 0 Å². The standard InChI is InChI=1S/C17H22N2O/c18-17(20)13-4-1-3-12(9-13)14-10-15-5-6-16(11-14)19(15)7-2-8-19/h1,3-4,9,14-16H,2,5-8,10-11H2,(H-,18,20)/p+1/t14?,15-,16+. The number of primary amides is 1. The molecule has 0 aromatic heterocycles. The summed E-state index contributed by atoms with van der Waals surface area (Å²) in [5.41, 5.74) is 7.40. The van der Waals surface area contributed by atoms with E-state index >= 15 is 0 Å². The summed E-state index contributed by atoms with van der Waals surface area (Å²) in [4.78, 5) is 11.4. The van der Waals surface area contributed by atoms with Gasteiger partial charge in [-0.2, -0.15) is 0 Å². The summed E-state index contributed by atoms with van der Waals surface area (Å²) in [7, 11) is 0. The Balaban J connectivity index is 1.59. The van der Waals surface area contributed by atoms with Crippen molar-refractivity contribution >= 4 is 5.91 Å². The smallest absolute Gasteiger partial charge is 0.248 e. The topological polar surface area (TPSA) is 43.1 Å². The van der Waals surface area contributed by atoms with E-state index in [9.17, 15) is 4.79 Å². The molecule has 3 atom stereocenters. The molecule has 3 aliphatic heterocycles. The zero-order chi connectivity index (χ0) is 13.7. The van der Waals surface area contributed by atoms with Crippen molar-refractivity contribution in [3.8, 4) is 0 Å². The molecule has 20 heavy (non-hydrogen) atoms. The Kier molecular flexibility index (Phi) is 2.68. The minimum Gasteiger partial charge on any atom is -0.366 e. The minimum atomic E-state index is -0.308. The molecular formula is C17H23N2O+. The van der Waals surface area contributed by atoms with Gasteiger partial charge in [-0.05, 0) is 23.6 Å². The molecule has 1 spiro atoms. The predicted molar refractivity (Wildman–Crippen MR) is 78.4 cm³/mol. The van der Waals surface area contributed by atoms with Gasteiger partial charge in [0.2, 0.25) is 5.91 Å². The quantitative estimate of drug-likeness (QED) is 0.825. The normalized spacial score (nSPS) is 33.9. The molecule has 0 radical (unpaired) electrons. The highest BCUT2D eigenvalue weighted by molar-refractivity contribution is 5.92. The lowest BCUT2D eigenvalue weighted by atomic mass is 9.81. The Labute approximate surface area is 120 Å². The molecule has 1 aromatic rings. The van der Waals surface area contributed by atoms with Gasteiger partial charge >= 0.3 is 0 Å². The third-order valence-corrected chi connectivity index (χ3v) is 6.19. The second-order valence-corrected chi connectivity index (χ2v) is 6.95. The monoisotopic (exact) mass is 271 g/mol. The van der Waals surface area contributed by atoms with Crippen LogP contribution in [0.3, 0.4) is 0 Å². The minimum absolute atomic E-state index is 0.308. The average molecular weight is 271 g/mol. The van der Waals surface area contributed by atoms with Crippen molar-refractivity contribution in [3.05, 3.63) is 35.4 Å². The lowest BCUT2D eigenvalue weighted by molar-refractivity contribution is -0.999. The van der Waals surface area contributed by atoms with Gasteiger partial charge in [0.05, 0.1) is 25.2 Å². The van der Waals surface area contributed by atoms with Gasteiger partial charge in [0, 0.05) is 37.7 Å². The summed E-state index contributed by atoms with van der Waals surface area (Å²) < 4.78 is 1.44. The molecule has 3 aliphatic rings. The van der Waals surface area contributed by atoms with Crippen molar-refractivity contribution in [1.29, 1.82) is 0 Å². The molecule has 0 saturated carbocycles. The zero-order valence-electron chi connectivity index (χ0n) is 11.9. The molecule has 106 valence electrons. The van der Waals surface area contributed by atoms with Gasteiger partial charge < -0.3 is 10.2 Å². The van der Waals surface area contributed by atoms with Crippen molar-refractivity contribution in [1.82, 2.24) is 0 Å². The van der Waals surface area contributed by atoms with Crippen LogP contribution in [-0.2, 0) is 0 Å². The molecule has 4 rings (SSSR count). The molecule has 1 unspecified atom stereocenters. The molecule has 3 heterocycles. The maximum atomic E-state index is 11.4. The number of amides is 1. The Morgan fingerprint density at radius 2 is 1.85 bits per heavy atom. The van der Waals surface area contributed by atoms with Gasteiger partial charge in [-0.15, -0.1) is 0 Å². The third-order valence-electron chi connectivity index (χ3n) is 6.19. The van der Waals surface area contributed by atoms with E-state index in [1.807, 2.05) is 18.2 Å². The van der Waals surface area contributed by atoms with E-state index < -0.39 is 0 Å². The fourth-order valence-electron chi connectivity index (χ4n) is 5.08. The number of nitrogens with two attached hydrogens (primary N) is 1. The molecule has 2 bridgehead atoms. The van der Waals surface area contributed by atoms with Crippen molar-refractivity contribution in [2.75, 3.05) is 13.1 Å². The number of nitrogens with zero attached hydrogens (tertiary/aromatic N) is 1. The van der Waals surface area contributed by atoms with Gasteiger partial charge in [0.25, 0.3) is 0 Å². The first-order chi connectivity index (χ1) is 9.69. The largest absolute Gasteiger partial charge is 0.366 e. The summed E-state index contributed by atoms with van der Waals surface area (Å²) in [6.07, 6.45) is 6.86. The van der Waals surface area contributed by atoms with Crippen LogP contribution in [0.5, 0.6) is 0 Å². The SMILES string of the molecule is NC(=O)c1cccc(C2C[C@H]3CC[C@@H](C2)[N+]32CCC2)c1. The van der Waals surface area contributed by atoms with E-state index in [0.29, 0.717) is 11.5 Å². The predicted octanol–water partition coefficient (Wildman–Crippen LogP) is 2.41. The maximum absolute atomic E-state index is 11.4. The third kappa shape index (κ3) is 1.65. The molecule has 3 nitrogen and oxygen atoms in total. The second-order valence-electron chi connectivity index (χ2n) is 6.95. The Bertz CT molecular complexity index is 534. The van der Waals surface area contributed by atoms with Gasteiger partial charge in [-0.25, -0.2) is 0 Å². The van der Waals surface area contributed by atoms with Crippen molar-refractivity contribution in [2.24, 2.45) is 5.73 Å². The van der Waals surface area contributed by atoms with Crippen molar-refractivity contribution in [2.45, 2.75) is 50.1 Å². The number of benzene rings is 1. The first-order valence-electron chi connectivity index (χ1n) is 7.95. The number of quaternary nitrogens is 1. The molecule has 3 heteroatoms. The van der Waals surface area contributed by atoms with E-state index in [4.69, 9.17) is 5.73 Å². The van der Waals surface area contributed by atoms with Crippen LogP contribution in [0.25, 0.3) is 0 Å². The maximum Gasteiger partial charge on any atom is 0.248 e. The summed E-state index contributed by atoms with van der Waals surface area (Å²) in [5.74, 6) is 0.327. The summed E-state index contributed by atoms with van der Waals surface area (Å²) in [6, 6.07) is 9.78. The molecule has 3 fully saturated rings. The summed E-state index contributed by atoms with van der Waals surface area (Å²) >= 11 is 0. The van der Waals surface area contributed by atoms with E-state index in [2.05, 4.69) is 6.07 Å². The zero-order valence-corrected chi connectivity index (χ0v) is 11.9. The van der Waals surface area contributed by atoms with Crippen LogP contribution < -0.4 is 5.73 Å². The fraction of sp³-hybridized carbons (Fsp3) is 0.588. The number of rotatable bonds is 2. The molecule has 1 aromatic carbocycles. The van der Waals surface area contributed by atoms with Crippen LogP contribution in [0.2, 0.25) is 0 Å². The number of piperidine rings is 1. The van der Waals surface area contributed by atoms with Gasteiger partial charge in [0.1, 0.15) is 0 Å². The van der Waals surface area contributed by atoms with E-state index in [-0.39, 0.29) is 5.91 Å². The number of carbonyl (C=O) groups excluding carboxylic acids is 1. The first-order valence-corrected chi connectivity index (χ1v) is 7.95. The number of hydrogen-bond donors (Lipinski definition) is 1. The Morgan fingerprint density at radius 3 is 2.40 bits per heavy atom. The van der Waals surface area contributed by atoms with Crippen LogP contribution in [-0.4, -0.2) is 35.6 Å². The van der Waals surface area contributed by atoms with Crippen LogP contribution in [0.4, 0.5) is 0 Å². The van der Waals surface area contributed by atoms with Gasteiger partial charge in [-0.3, -0.25) is 4.79 Å². The highest BCUT2D eigenvalue weighted by Gasteiger charge is 2.57. The lowest BCUT2D eigenvalue weighted by Crippen LogP contribution is -2.66. The highest BCUT2D eigenvalue weighted by Crippen LogP contribution is 2.50. The van der Waals surface area contributed by atoms with Gasteiger partial charge in [0.15, 0.2) is 0 Å². The fourth-order valence-corrected chi connectivity index (χ4v) is 5.08. The highest BCUT2D eigenvalue weighted by atomic mass is 16.1. The van der Waals surface area contributed by atoms with Crippen LogP contribution in [0.15, 0.2) is 24.3 Å². The molecule has 2 N–H and O–H groups in total. The van der Waals surface area contributed by atoms with E-state index in [0.717, 1.165) is 12.1 Å². The van der Waals surface area contributed by atoms with Crippen LogP contribution >= 0.6 is 0 Å². The lowest BCUT2D eigenvalue weighted by Gasteiger charge is -2.55. The molecular weight excluding hydrogens is 248 g/mol. The number of carbonyl (C=O) groups is 1. The van der Waals surface area contributed by atoms with Crippen LogP contribution in [0, 0.1) is 0 Å². The molecule has 1 amide bonds. The molecule has 3 saturated heterocycles. The second kappa shape index (κ2) is 4.32. The summed E-state index contributed by atoms with van der Waals surface area (Å²) in [5, 5.41) is 0. The Morgan fingerprint density at radius 1 is 1.15 bits per heavy atom. The molecule has 0 aliphatic carbocycles. The summed E-state index contributed by atoms with van der Waals surface area (Å²) in [6.45, 7) is 2.84. The Hall–Kier alpha value is -1.35. The van der Waals surface area contributed by atoms with E-state index in [1.54, 1.807) is 0 Å². The van der Waals surface area contributed by atoms with Crippen molar-refractivity contribution < 1.29 is 9.28 Å². The van der Waals surface area contributed by atoms with Gasteiger partial charge in [-0.1, -0.05) is 12.1 Å². The van der Waals surface area contributed by atoms with Crippen LogP contribution in [0.1, 0.15) is 53.9 Å². The average Bonchev–Trinajstić information content (AvgIpc) is 2.63. The van der Waals surface area contributed by atoms with E-state index in [1.165, 1.54) is 55.2 Å².